The van der Waals surface area contributed by atoms with Crippen LogP contribution in [0.1, 0.15) is 50.6 Å². The summed E-state index contributed by atoms with van der Waals surface area (Å²) in [6.45, 7) is 2.26. The molecule has 0 spiro atoms. The fourth-order valence-electron chi connectivity index (χ4n) is 3.23. The molecule has 1 fully saturated rings. The van der Waals surface area contributed by atoms with Gasteiger partial charge >= 0.3 is 0 Å². The van der Waals surface area contributed by atoms with E-state index >= 15 is 0 Å². The van der Waals surface area contributed by atoms with Crippen LogP contribution in [0.4, 0.5) is 0 Å². The van der Waals surface area contributed by atoms with Crippen LogP contribution in [-0.4, -0.2) is 0 Å². The minimum absolute atomic E-state index is 0.170. The van der Waals surface area contributed by atoms with Crippen molar-refractivity contribution < 1.29 is 0 Å². The molecule has 0 heterocycles. The van der Waals surface area contributed by atoms with Gasteiger partial charge in [-0.3, -0.25) is 11.3 Å². The molecule has 0 radical (unpaired) electrons. The van der Waals surface area contributed by atoms with Crippen LogP contribution in [0.15, 0.2) is 24.3 Å². The van der Waals surface area contributed by atoms with Crippen LogP contribution < -0.4 is 11.3 Å². The Labute approximate surface area is 109 Å². The lowest BCUT2D eigenvalue weighted by atomic mass is 9.73. The van der Waals surface area contributed by atoms with E-state index in [2.05, 4.69) is 18.4 Å². The average molecular weight is 253 g/mol. The maximum atomic E-state index is 6.30. The van der Waals surface area contributed by atoms with Crippen molar-refractivity contribution in [2.75, 3.05) is 0 Å². The average Bonchev–Trinajstić information content (AvgIpc) is 2.82. The first-order chi connectivity index (χ1) is 8.23. The van der Waals surface area contributed by atoms with Gasteiger partial charge < -0.3 is 0 Å². The summed E-state index contributed by atoms with van der Waals surface area (Å²) in [5.41, 5.74) is 4.43. The smallest absolute Gasteiger partial charge is 0.0530 e. The Bertz CT molecular complexity index is 372. The largest absolute Gasteiger partial charge is 0.271 e. The summed E-state index contributed by atoms with van der Waals surface area (Å²) in [7, 11) is 0. The van der Waals surface area contributed by atoms with Crippen LogP contribution >= 0.6 is 11.6 Å². The summed E-state index contributed by atoms with van der Waals surface area (Å²) in [6, 6.07) is 8.20. The van der Waals surface area contributed by atoms with Gasteiger partial charge in [-0.25, -0.2) is 0 Å². The zero-order valence-electron chi connectivity index (χ0n) is 10.4. The maximum absolute atomic E-state index is 6.30. The first kappa shape index (κ1) is 12.9. The predicted molar refractivity (Wildman–Crippen MR) is 72.7 cm³/mol. The highest BCUT2D eigenvalue weighted by molar-refractivity contribution is 6.31. The monoisotopic (exact) mass is 252 g/mol. The van der Waals surface area contributed by atoms with Gasteiger partial charge in [0.05, 0.1) is 6.04 Å². The Morgan fingerprint density at radius 2 is 2.00 bits per heavy atom. The van der Waals surface area contributed by atoms with E-state index in [-0.39, 0.29) is 11.5 Å². The molecule has 1 atom stereocenters. The number of nitrogens with two attached hydrogens (primary N) is 1. The van der Waals surface area contributed by atoms with Crippen molar-refractivity contribution in [1.82, 2.24) is 5.43 Å². The van der Waals surface area contributed by atoms with Crippen molar-refractivity contribution in [2.45, 2.75) is 45.1 Å². The summed E-state index contributed by atoms with van der Waals surface area (Å²) in [4.78, 5) is 0. The molecule has 0 bridgehead atoms. The van der Waals surface area contributed by atoms with E-state index in [0.717, 1.165) is 17.0 Å². The first-order valence-electron chi connectivity index (χ1n) is 6.44. The van der Waals surface area contributed by atoms with E-state index in [9.17, 15) is 0 Å². The van der Waals surface area contributed by atoms with Gasteiger partial charge in [0.2, 0.25) is 0 Å². The number of benzene rings is 1. The van der Waals surface area contributed by atoms with Gasteiger partial charge in [0.15, 0.2) is 0 Å². The molecule has 1 aliphatic rings. The molecule has 3 heteroatoms. The SMILES string of the molecule is CCC1(C(NN)c2ccccc2Cl)CCCC1. The minimum Gasteiger partial charge on any atom is -0.271 e. The quantitative estimate of drug-likeness (QED) is 0.632. The molecule has 94 valence electrons. The van der Waals surface area contributed by atoms with Crippen molar-refractivity contribution in [3.8, 4) is 0 Å². The maximum Gasteiger partial charge on any atom is 0.0530 e. The second-order valence-corrected chi connectivity index (χ2v) is 5.45. The van der Waals surface area contributed by atoms with E-state index in [1.54, 1.807) is 0 Å². The lowest BCUT2D eigenvalue weighted by molar-refractivity contribution is 0.188. The van der Waals surface area contributed by atoms with Crippen molar-refractivity contribution in [3.63, 3.8) is 0 Å². The van der Waals surface area contributed by atoms with Gasteiger partial charge in [0, 0.05) is 5.02 Å². The molecule has 17 heavy (non-hydrogen) atoms. The van der Waals surface area contributed by atoms with E-state index in [0.29, 0.717) is 0 Å². The summed E-state index contributed by atoms with van der Waals surface area (Å²) < 4.78 is 0. The molecule has 1 aliphatic carbocycles. The van der Waals surface area contributed by atoms with Gasteiger partial charge in [0.25, 0.3) is 0 Å². The highest BCUT2D eigenvalue weighted by atomic mass is 35.5. The lowest BCUT2D eigenvalue weighted by Crippen LogP contribution is -2.40. The zero-order valence-corrected chi connectivity index (χ0v) is 11.1. The lowest BCUT2D eigenvalue weighted by Gasteiger charge is -2.37. The molecule has 0 saturated heterocycles. The van der Waals surface area contributed by atoms with Crippen molar-refractivity contribution in [3.05, 3.63) is 34.9 Å². The number of hydrogen-bond acceptors (Lipinski definition) is 2. The molecule has 0 aliphatic heterocycles. The van der Waals surface area contributed by atoms with Crippen molar-refractivity contribution in [2.24, 2.45) is 11.3 Å². The third-order valence-corrected chi connectivity index (χ3v) is 4.64. The number of halogens is 1. The van der Waals surface area contributed by atoms with E-state index in [1.807, 2.05) is 18.2 Å². The number of nitrogens with one attached hydrogen (secondary N) is 1. The van der Waals surface area contributed by atoms with E-state index < -0.39 is 0 Å². The molecule has 0 aromatic heterocycles. The minimum atomic E-state index is 0.170. The second kappa shape index (κ2) is 5.38. The molecule has 1 aromatic carbocycles. The van der Waals surface area contributed by atoms with Crippen LogP contribution in [0, 0.1) is 5.41 Å². The summed E-state index contributed by atoms with van der Waals surface area (Å²) in [6.07, 6.45) is 6.23. The topological polar surface area (TPSA) is 38.0 Å². The van der Waals surface area contributed by atoms with Crippen LogP contribution in [0.2, 0.25) is 5.02 Å². The third-order valence-electron chi connectivity index (χ3n) is 4.30. The van der Waals surface area contributed by atoms with Crippen molar-refractivity contribution >= 4 is 11.6 Å². The summed E-state index contributed by atoms with van der Waals surface area (Å²) in [5, 5.41) is 0.815. The van der Waals surface area contributed by atoms with Crippen LogP contribution in [0.3, 0.4) is 0 Å². The fraction of sp³-hybridized carbons (Fsp3) is 0.571. The molecule has 3 N–H and O–H groups in total. The van der Waals surface area contributed by atoms with Gasteiger partial charge in [0.1, 0.15) is 0 Å². The predicted octanol–water partition coefficient (Wildman–Crippen LogP) is 3.81. The van der Waals surface area contributed by atoms with Gasteiger partial charge in [-0.15, -0.1) is 0 Å². The molecule has 2 rings (SSSR count). The normalized spacial score (nSPS) is 20.4. The summed E-state index contributed by atoms with van der Waals surface area (Å²) in [5.74, 6) is 5.81. The van der Waals surface area contributed by atoms with Crippen LogP contribution in [0.25, 0.3) is 0 Å². The third kappa shape index (κ3) is 2.35. The first-order valence-corrected chi connectivity index (χ1v) is 6.82. The molecular weight excluding hydrogens is 232 g/mol. The van der Waals surface area contributed by atoms with Crippen LogP contribution in [0.5, 0.6) is 0 Å². The molecule has 1 unspecified atom stereocenters. The standard InChI is InChI=1S/C14H21ClN2/c1-2-14(9-5-6-10-14)13(17-16)11-7-3-4-8-12(11)15/h3-4,7-8,13,17H,2,5-6,9-10,16H2,1H3. The number of rotatable bonds is 4. The molecule has 2 nitrogen and oxygen atoms in total. The van der Waals surface area contributed by atoms with Gasteiger partial charge in [-0.1, -0.05) is 49.6 Å². The van der Waals surface area contributed by atoms with Crippen LogP contribution in [-0.2, 0) is 0 Å². The van der Waals surface area contributed by atoms with E-state index in [1.165, 1.54) is 25.7 Å². The highest BCUT2D eigenvalue weighted by Gasteiger charge is 2.40. The Balaban J connectivity index is 2.36. The highest BCUT2D eigenvalue weighted by Crippen LogP contribution is 2.50. The number of hydrogen-bond donors (Lipinski definition) is 2. The Morgan fingerprint density at radius 1 is 1.35 bits per heavy atom. The zero-order chi connectivity index (χ0) is 12.3. The van der Waals surface area contributed by atoms with Gasteiger partial charge in [-0.05, 0) is 36.3 Å². The molecule has 0 amide bonds. The Kier molecular flexibility index (Phi) is 4.08. The van der Waals surface area contributed by atoms with Crippen molar-refractivity contribution in [1.29, 1.82) is 0 Å². The van der Waals surface area contributed by atoms with E-state index in [4.69, 9.17) is 17.4 Å². The molecular formula is C14H21ClN2. The molecule has 1 aromatic rings. The molecule has 1 saturated carbocycles. The van der Waals surface area contributed by atoms with Gasteiger partial charge in [-0.2, -0.15) is 0 Å². The Morgan fingerprint density at radius 3 is 2.53 bits per heavy atom. The Hall–Kier alpha value is -0.570. The fourth-order valence-corrected chi connectivity index (χ4v) is 3.48. The second-order valence-electron chi connectivity index (χ2n) is 5.04. The number of hydrazine groups is 1. The summed E-state index contributed by atoms with van der Waals surface area (Å²) >= 11 is 6.30.